The van der Waals surface area contributed by atoms with Crippen LogP contribution in [0.4, 0.5) is 0 Å². The van der Waals surface area contributed by atoms with Crippen molar-refractivity contribution < 1.29 is 91.8 Å². The van der Waals surface area contributed by atoms with Gasteiger partial charge in [0.25, 0.3) is 0 Å². The molecule has 45 heteroatoms. The van der Waals surface area contributed by atoms with E-state index in [1.54, 1.807) is 0 Å². The lowest BCUT2D eigenvalue weighted by Crippen LogP contribution is -2.93. The van der Waals surface area contributed by atoms with Crippen LogP contribution in [-0.4, -0.2) is 193 Å². The average molecular weight is 1670 g/mol. The van der Waals surface area contributed by atoms with Gasteiger partial charge in [-0.2, -0.15) is 0 Å². The summed E-state index contributed by atoms with van der Waals surface area (Å²) in [5, 5.41) is 0. The zero-order valence-electron chi connectivity index (χ0n) is 54.4. The largest absolute Gasteiger partial charge is 0.651 e. The maximum absolute atomic E-state index is 12.4. The molecule has 0 aromatic rings. The van der Waals surface area contributed by atoms with Gasteiger partial charge >= 0.3 is 78.4 Å². The Hall–Kier alpha value is 3.91. The number of rotatable bonds is 42. The predicted molar refractivity (Wildman–Crippen MR) is 379 cm³/mol. The summed E-state index contributed by atoms with van der Waals surface area (Å²) in [5.41, 5.74) is 0. The van der Waals surface area contributed by atoms with Gasteiger partial charge in [0, 0.05) is 47.2 Å². The van der Waals surface area contributed by atoms with Gasteiger partial charge in [0.15, 0.2) is 66.5 Å². The Kier molecular flexibility index (Phi) is 31.1. The molecule has 8 bridgehead atoms. The summed E-state index contributed by atoms with van der Waals surface area (Å²) in [5.74, 6) is 1.58. The van der Waals surface area contributed by atoms with Crippen molar-refractivity contribution in [1.29, 1.82) is 0 Å². The van der Waals surface area contributed by atoms with Crippen LogP contribution >= 0.6 is 81.2 Å². The van der Waals surface area contributed by atoms with Crippen LogP contribution in [0.3, 0.4) is 0 Å². The summed E-state index contributed by atoms with van der Waals surface area (Å²) < 4.78 is 161. The van der Waals surface area contributed by atoms with E-state index < -0.39 is 145 Å². The standard InChI is InChI=1S/C43H99Cl7O22Si16/c1-18-43(51)52-34-26-42-80(16,17)60-88-70-85(57-77(10,11)39-23-31-48)64-82(54-74(4,5)36-20-28-45)61-81(53-73(2,3)35-19-27-44)62-83(66-85,55-75(6,7)37-21-29-46)68-87(72-88,59-79(14,15)41-25-33-50)69-84(63-81,56-76(8,9)38-22-30-47)67-86(65-82,71-88)58-78(12,13)40-24-32-49/h18H,1,19-42H2,2-17H3. The quantitative estimate of drug-likeness (QED) is 0.0183. The van der Waals surface area contributed by atoms with Gasteiger partial charge in [0.2, 0.25) is 0 Å². The summed E-state index contributed by atoms with van der Waals surface area (Å²) in [6.07, 6.45) is 5.16. The van der Waals surface area contributed by atoms with E-state index in [2.05, 4.69) is 6.58 Å². The Morgan fingerprint density at radius 3 is 0.557 bits per heavy atom. The lowest BCUT2D eigenvalue weighted by molar-refractivity contribution is -0.138. The Labute approximate surface area is 577 Å². The number of hydrogen-bond donors (Lipinski definition) is 0. The molecular formula is C43H99Cl7O22Si16. The fourth-order valence-electron chi connectivity index (χ4n) is 10.1. The molecule has 0 aromatic heterocycles. The number of halogens is 7. The fourth-order valence-corrected chi connectivity index (χ4v) is 86.4. The van der Waals surface area contributed by atoms with Gasteiger partial charge < -0.3 is 87.0 Å². The molecule has 0 aliphatic carbocycles. The second kappa shape index (κ2) is 33.1. The molecule has 6 rings (SSSR count). The van der Waals surface area contributed by atoms with E-state index >= 15 is 0 Å². The minimum absolute atomic E-state index is 0.0305. The highest BCUT2D eigenvalue weighted by atomic mass is 35.5. The Bertz CT molecular complexity index is 2060. The molecule has 6 aliphatic rings. The zero-order chi connectivity index (χ0) is 66.1. The minimum Gasteiger partial charge on any atom is -0.463 e. The Morgan fingerprint density at radius 1 is 0.295 bits per heavy atom. The number of hydrogen-bond acceptors (Lipinski definition) is 22. The third-order valence-corrected chi connectivity index (χ3v) is 77.9. The third-order valence-electron chi connectivity index (χ3n) is 13.9. The average Bonchev–Trinajstić information content (AvgIpc) is 0.747. The number of alkyl halides is 7. The highest BCUT2D eigenvalue weighted by Crippen LogP contribution is 2.54. The first-order valence-corrected chi connectivity index (χ1v) is 72.0. The van der Waals surface area contributed by atoms with Crippen molar-refractivity contribution in [2.45, 2.75) is 204 Å². The molecule has 88 heavy (non-hydrogen) atoms. The molecule has 0 unspecified atom stereocenters. The van der Waals surface area contributed by atoms with Crippen LogP contribution in [0.2, 0.25) is 153 Å². The van der Waals surface area contributed by atoms with Crippen molar-refractivity contribution in [2.75, 3.05) is 47.8 Å². The molecule has 22 nitrogen and oxygen atoms in total. The van der Waals surface area contributed by atoms with Crippen LogP contribution in [-0.2, 0) is 91.8 Å². The molecule has 0 amide bonds. The number of carbonyl (C=O) groups is 1. The zero-order valence-corrected chi connectivity index (χ0v) is 75.7. The second-order valence-electron chi connectivity index (χ2n) is 27.1. The van der Waals surface area contributed by atoms with E-state index in [1.807, 2.05) is 105 Å². The van der Waals surface area contributed by atoms with Gasteiger partial charge in [0.1, 0.15) is 0 Å². The number of carbonyl (C=O) groups excluding carboxylic acids is 1. The van der Waals surface area contributed by atoms with Crippen molar-refractivity contribution >= 4 is 226 Å². The number of ether oxygens (including phenoxy) is 1. The van der Waals surface area contributed by atoms with Gasteiger partial charge in [-0.25, -0.2) is 4.79 Å². The van der Waals surface area contributed by atoms with Crippen LogP contribution in [0.1, 0.15) is 51.4 Å². The Morgan fingerprint density at radius 2 is 0.432 bits per heavy atom. The highest BCUT2D eigenvalue weighted by molar-refractivity contribution is 7.04. The van der Waals surface area contributed by atoms with Crippen LogP contribution < -0.4 is 0 Å². The summed E-state index contributed by atoms with van der Waals surface area (Å²) in [4.78, 5) is 12.4. The topological polar surface area (TPSA) is 211 Å². The predicted octanol–water partition coefficient (Wildman–Crippen LogP) is 14.0. The van der Waals surface area contributed by atoms with Crippen molar-refractivity contribution in [3.8, 4) is 0 Å². The van der Waals surface area contributed by atoms with E-state index in [0.29, 0.717) is 141 Å². The fraction of sp³-hybridized carbons (Fsp3) is 0.930. The molecule has 0 atom stereocenters. The van der Waals surface area contributed by atoms with E-state index in [0.717, 1.165) is 6.08 Å². The molecule has 0 saturated carbocycles. The van der Waals surface area contributed by atoms with Gasteiger partial charge in [-0.15, -0.1) is 81.2 Å². The molecule has 6 fully saturated rings. The molecular weight excluding hydrogens is 1570 g/mol. The molecule has 516 valence electrons. The number of esters is 1. The van der Waals surface area contributed by atoms with Gasteiger partial charge in [-0.3, -0.25) is 0 Å². The highest BCUT2D eigenvalue weighted by Gasteiger charge is 2.92. The van der Waals surface area contributed by atoms with Crippen molar-refractivity contribution in [3.63, 3.8) is 0 Å². The first-order valence-electron chi connectivity index (χ1n) is 30.3. The maximum Gasteiger partial charge on any atom is 0.651 e. The van der Waals surface area contributed by atoms with E-state index in [9.17, 15) is 4.79 Å². The normalized spacial score (nSPS) is 30.7. The molecule has 6 saturated heterocycles. The molecule has 6 aliphatic heterocycles. The lowest BCUT2D eigenvalue weighted by Gasteiger charge is -2.61. The molecule has 0 aromatic carbocycles. The van der Waals surface area contributed by atoms with Crippen LogP contribution in [0.25, 0.3) is 0 Å². The van der Waals surface area contributed by atoms with Gasteiger partial charge in [0.05, 0.1) is 6.61 Å². The SMILES string of the molecule is C=CC(=O)OCCC[Si](C)(C)O[Si]12O[Si]3(O[Si](C)(C)CCCCl)O[Si]4(O[Si](C)(C)CCCCl)O[Si]5(O[Si](C)(C)CCCCl)O[Si](O[Si](C)(C)CCCCl)(O3)O[Si](O[Si](C)(C)CCCCl)(O[Si](O[Si](C)(C)CCCCl)(O5)O[Si](O[Si](C)(C)CCCCl)(O4)O1)O2. The monoisotopic (exact) mass is 1660 g/mol. The lowest BCUT2D eigenvalue weighted by atomic mass is 10.5. The smallest absolute Gasteiger partial charge is 0.463 e. The second-order valence-corrected chi connectivity index (χ2v) is 86.3. The molecule has 0 spiro atoms. The van der Waals surface area contributed by atoms with Gasteiger partial charge in [-0.1, -0.05) is 6.58 Å². The first kappa shape index (κ1) is 82.6. The van der Waals surface area contributed by atoms with Crippen LogP contribution in [0, 0.1) is 0 Å². The first-order chi connectivity index (χ1) is 40.5. The van der Waals surface area contributed by atoms with Crippen molar-refractivity contribution in [2.24, 2.45) is 0 Å². The molecule has 0 N–H and O–H groups in total. The van der Waals surface area contributed by atoms with Crippen LogP contribution in [0.5, 0.6) is 0 Å². The van der Waals surface area contributed by atoms with Crippen molar-refractivity contribution in [1.82, 2.24) is 0 Å². The molecule has 0 radical (unpaired) electrons. The summed E-state index contributed by atoms with van der Waals surface area (Å²) in [6, 6.07) is 3.56. The maximum atomic E-state index is 12.4. The Balaban J connectivity index is 2.16. The van der Waals surface area contributed by atoms with Gasteiger partial charge in [-0.05, 0) is 204 Å². The summed E-state index contributed by atoms with van der Waals surface area (Å²) in [7, 11) is -70.0. The van der Waals surface area contributed by atoms with E-state index in [4.69, 9.17) is 168 Å². The van der Waals surface area contributed by atoms with E-state index in [1.165, 1.54) is 0 Å². The third kappa shape index (κ3) is 24.9. The van der Waals surface area contributed by atoms with Crippen LogP contribution in [0.15, 0.2) is 12.7 Å². The minimum atomic E-state index is -5.52. The molecule has 6 heterocycles. The summed E-state index contributed by atoms with van der Waals surface area (Å²) >= 11 is 45.6. The summed E-state index contributed by atoms with van der Waals surface area (Å²) in [6.45, 7) is 35.2. The van der Waals surface area contributed by atoms with Crippen molar-refractivity contribution in [3.05, 3.63) is 12.7 Å². The van der Waals surface area contributed by atoms with E-state index in [-0.39, 0.29) is 6.61 Å².